The SMILES string of the molecule is COc1ccc([C@H]2N=C3SC=C(c4ccccc4)N3[C@@H]([C@@H](O)[C@H](O)[C@H](O)CO)N2)cc1. The summed E-state index contributed by atoms with van der Waals surface area (Å²) in [7, 11) is 1.60. The Labute approximate surface area is 184 Å². The number of benzene rings is 2. The Morgan fingerprint density at radius 1 is 1.10 bits per heavy atom. The molecule has 31 heavy (non-hydrogen) atoms. The van der Waals surface area contributed by atoms with Crippen LogP contribution in [0.4, 0.5) is 0 Å². The van der Waals surface area contributed by atoms with Crippen LogP contribution in [0.2, 0.25) is 0 Å². The number of nitrogens with one attached hydrogen (secondary N) is 1. The van der Waals surface area contributed by atoms with Crippen molar-refractivity contribution in [3.8, 4) is 5.75 Å². The third-order valence-corrected chi connectivity index (χ3v) is 6.20. The maximum Gasteiger partial charge on any atom is 0.171 e. The lowest BCUT2D eigenvalue weighted by Gasteiger charge is -2.42. The monoisotopic (exact) mass is 443 g/mol. The smallest absolute Gasteiger partial charge is 0.171 e. The van der Waals surface area contributed by atoms with Crippen molar-refractivity contribution in [3.63, 3.8) is 0 Å². The molecule has 2 aromatic carbocycles. The van der Waals surface area contributed by atoms with Crippen LogP contribution >= 0.6 is 11.8 Å². The first-order chi connectivity index (χ1) is 15.0. The summed E-state index contributed by atoms with van der Waals surface area (Å²) in [6.45, 7) is -0.663. The summed E-state index contributed by atoms with van der Waals surface area (Å²) >= 11 is 1.43. The van der Waals surface area contributed by atoms with Gasteiger partial charge in [-0.15, -0.1) is 0 Å². The van der Waals surface area contributed by atoms with Gasteiger partial charge in [0.15, 0.2) is 5.17 Å². The minimum Gasteiger partial charge on any atom is -0.497 e. The number of ether oxygens (including phenoxy) is 1. The van der Waals surface area contributed by atoms with Gasteiger partial charge in [-0.3, -0.25) is 5.32 Å². The molecule has 0 bridgehead atoms. The van der Waals surface area contributed by atoms with Crippen molar-refractivity contribution < 1.29 is 25.2 Å². The zero-order valence-electron chi connectivity index (χ0n) is 16.9. The van der Waals surface area contributed by atoms with Gasteiger partial charge in [-0.2, -0.15) is 0 Å². The van der Waals surface area contributed by atoms with E-state index in [0.717, 1.165) is 22.6 Å². The lowest BCUT2D eigenvalue weighted by atomic mass is 10.0. The number of thioether (sulfide) groups is 1. The number of aliphatic imine (C=N–C) groups is 1. The molecule has 8 nitrogen and oxygen atoms in total. The minimum atomic E-state index is -1.55. The van der Waals surface area contributed by atoms with Crippen LogP contribution in [-0.4, -0.2) is 68.7 Å². The Morgan fingerprint density at radius 2 is 1.81 bits per heavy atom. The predicted molar refractivity (Wildman–Crippen MR) is 119 cm³/mol. The van der Waals surface area contributed by atoms with Crippen molar-refractivity contribution in [2.75, 3.05) is 13.7 Å². The largest absolute Gasteiger partial charge is 0.497 e. The first kappa shape index (κ1) is 21.8. The van der Waals surface area contributed by atoms with Gasteiger partial charge in [0.05, 0.1) is 19.4 Å². The van der Waals surface area contributed by atoms with Crippen LogP contribution in [0.5, 0.6) is 5.75 Å². The molecule has 2 aliphatic heterocycles. The molecule has 0 unspecified atom stereocenters. The number of methoxy groups -OCH3 is 1. The van der Waals surface area contributed by atoms with E-state index < -0.39 is 37.3 Å². The summed E-state index contributed by atoms with van der Waals surface area (Å²) in [5, 5.41) is 46.4. The van der Waals surface area contributed by atoms with Crippen LogP contribution in [0.1, 0.15) is 17.3 Å². The van der Waals surface area contributed by atoms with Crippen molar-refractivity contribution in [1.82, 2.24) is 10.2 Å². The fourth-order valence-corrected chi connectivity index (χ4v) is 4.58. The van der Waals surface area contributed by atoms with Crippen molar-refractivity contribution in [1.29, 1.82) is 0 Å². The van der Waals surface area contributed by atoms with E-state index >= 15 is 0 Å². The molecule has 4 rings (SSSR count). The highest BCUT2D eigenvalue weighted by atomic mass is 32.2. The number of aliphatic hydroxyl groups is 4. The van der Waals surface area contributed by atoms with Gasteiger partial charge in [-0.05, 0) is 23.3 Å². The van der Waals surface area contributed by atoms with E-state index in [1.807, 2.05) is 64.9 Å². The maximum absolute atomic E-state index is 11.0. The first-order valence-electron chi connectivity index (χ1n) is 9.88. The van der Waals surface area contributed by atoms with Crippen LogP contribution in [-0.2, 0) is 0 Å². The molecule has 0 spiro atoms. The lowest BCUT2D eigenvalue weighted by molar-refractivity contribution is -0.0988. The van der Waals surface area contributed by atoms with E-state index in [0.29, 0.717) is 5.17 Å². The van der Waals surface area contributed by atoms with E-state index in [-0.39, 0.29) is 0 Å². The van der Waals surface area contributed by atoms with Gasteiger partial charge in [-0.25, -0.2) is 4.99 Å². The molecule has 164 valence electrons. The third kappa shape index (κ3) is 4.33. The number of amidine groups is 1. The van der Waals surface area contributed by atoms with E-state index in [4.69, 9.17) is 9.73 Å². The van der Waals surface area contributed by atoms with Gasteiger partial charge in [0.2, 0.25) is 0 Å². The number of hydrogen-bond acceptors (Lipinski definition) is 9. The molecule has 2 aromatic rings. The summed E-state index contributed by atoms with van der Waals surface area (Å²) in [4.78, 5) is 6.62. The average Bonchev–Trinajstić information content (AvgIpc) is 3.26. The second-order valence-corrected chi connectivity index (χ2v) is 8.12. The summed E-state index contributed by atoms with van der Waals surface area (Å²) in [5.74, 6) is 0.718. The molecule has 0 radical (unpaired) electrons. The summed E-state index contributed by atoms with van der Waals surface area (Å²) in [6, 6.07) is 17.1. The van der Waals surface area contributed by atoms with Crippen molar-refractivity contribution >= 4 is 22.6 Å². The van der Waals surface area contributed by atoms with Gasteiger partial charge in [0, 0.05) is 5.41 Å². The first-order valence-corrected chi connectivity index (χ1v) is 10.8. The van der Waals surface area contributed by atoms with E-state index in [2.05, 4.69) is 5.32 Å². The quantitative estimate of drug-likeness (QED) is 0.432. The van der Waals surface area contributed by atoms with E-state index in [1.54, 1.807) is 7.11 Å². The molecule has 0 saturated heterocycles. The molecule has 9 heteroatoms. The van der Waals surface area contributed by atoms with Gasteiger partial charge < -0.3 is 30.1 Å². The number of rotatable bonds is 7. The van der Waals surface area contributed by atoms with E-state index in [1.165, 1.54) is 11.8 Å². The Morgan fingerprint density at radius 3 is 2.45 bits per heavy atom. The Balaban J connectivity index is 1.70. The summed E-state index contributed by atoms with van der Waals surface area (Å²) in [6.07, 6.45) is -5.71. The molecule has 5 atom stereocenters. The molecule has 2 aliphatic rings. The molecule has 0 saturated carbocycles. The molecule has 5 N–H and O–H groups in total. The zero-order chi connectivity index (χ0) is 22.0. The van der Waals surface area contributed by atoms with Crippen LogP contribution in [0, 0.1) is 0 Å². The highest BCUT2D eigenvalue weighted by Gasteiger charge is 2.43. The van der Waals surface area contributed by atoms with Gasteiger partial charge >= 0.3 is 0 Å². The summed E-state index contributed by atoms with van der Waals surface area (Å²) < 4.78 is 5.22. The topological polar surface area (TPSA) is 118 Å². The Hall–Kier alpha value is -2.40. The number of hydrogen-bond donors (Lipinski definition) is 5. The van der Waals surface area contributed by atoms with Gasteiger partial charge in [-0.1, -0.05) is 54.2 Å². The van der Waals surface area contributed by atoms with Crippen LogP contribution in [0.15, 0.2) is 65.0 Å². The van der Waals surface area contributed by atoms with Crippen molar-refractivity contribution in [2.24, 2.45) is 4.99 Å². The Bertz CT molecular complexity index is 953. The second-order valence-electron chi connectivity index (χ2n) is 7.29. The normalized spacial score (nSPS) is 23.5. The molecule has 0 aromatic heterocycles. The van der Waals surface area contributed by atoms with Crippen LogP contribution in [0.3, 0.4) is 0 Å². The molecule has 0 fully saturated rings. The van der Waals surface area contributed by atoms with E-state index in [9.17, 15) is 20.4 Å². The number of aliphatic hydroxyl groups excluding tert-OH is 4. The van der Waals surface area contributed by atoms with Gasteiger partial charge in [0.25, 0.3) is 0 Å². The molecular weight excluding hydrogens is 418 g/mol. The highest BCUT2D eigenvalue weighted by molar-refractivity contribution is 8.16. The zero-order valence-corrected chi connectivity index (χ0v) is 17.7. The third-order valence-electron chi connectivity index (χ3n) is 5.34. The molecule has 2 heterocycles. The van der Waals surface area contributed by atoms with Gasteiger partial charge in [0.1, 0.15) is 36.4 Å². The lowest BCUT2D eigenvalue weighted by Crippen LogP contribution is -2.61. The Kier molecular flexibility index (Phi) is 6.61. The molecule has 0 aliphatic carbocycles. The maximum atomic E-state index is 11.0. The van der Waals surface area contributed by atoms with Crippen LogP contribution < -0.4 is 10.1 Å². The standard InChI is InChI=1S/C22H25N3O5S/c1-30-15-9-7-14(8-10-15)20-23-21(19(29)18(28)17(27)11-26)25-16(12-31-22(25)24-20)13-5-3-2-4-6-13/h2-10,12,17-21,23,26-29H,11H2,1H3/t17-,18-,19+,20-,21+/m1/s1. The average molecular weight is 444 g/mol. The van der Waals surface area contributed by atoms with Crippen molar-refractivity contribution in [2.45, 2.75) is 30.6 Å². The second kappa shape index (κ2) is 9.39. The predicted octanol–water partition coefficient (Wildman–Crippen LogP) is 1.10. The number of nitrogens with zero attached hydrogens (tertiary/aromatic N) is 2. The fraction of sp³-hybridized carbons (Fsp3) is 0.318. The molecular formula is C22H25N3O5S. The number of fused-ring (bicyclic) bond motifs is 1. The minimum absolute atomic E-state index is 0.480. The summed E-state index contributed by atoms with van der Waals surface area (Å²) in [5.41, 5.74) is 2.61. The fourth-order valence-electron chi connectivity index (χ4n) is 3.62. The van der Waals surface area contributed by atoms with Crippen molar-refractivity contribution in [3.05, 3.63) is 71.1 Å². The van der Waals surface area contributed by atoms with Crippen LogP contribution in [0.25, 0.3) is 5.70 Å². The highest BCUT2D eigenvalue weighted by Crippen LogP contribution is 2.40. The molecule has 0 amide bonds.